The van der Waals surface area contributed by atoms with Crippen LogP contribution in [0.15, 0.2) is 47.1 Å². The van der Waals surface area contributed by atoms with E-state index in [0.29, 0.717) is 35.6 Å². The molecule has 0 aromatic heterocycles. The number of phenolic OH excluding ortho intramolecular Hbond substituents is 1. The average molecular weight is 445 g/mol. The highest BCUT2D eigenvalue weighted by molar-refractivity contribution is 9.10. The van der Waals surface area contributed by atoms with Crippen LogP contribution in [0.2, 0.25) is 0 Å². The summed E-state index contributed by atoms with van der Waals surface area (Å²) in [7, 11) is 0. The van der Waals surface area contributed by atoms with E-state index in [1.54, 1.807) is 36.5 Å². The molecule has 3 N–H and O–H groups in total. The molecule has 0 bridgehead atoms. The molecule has 0 saturated carbocycles. The number of unbranched alkanes of at least 4 members (excludes halogenated alkanes) is 1. The van der Waals surface area contributed by atoms with E-state index in [2.05, 4.69) is 33.5 Å². The van der Waals surface area contributed by atoms with Crippen LogP contribution in [0.5, 0.6) is 11.5 Å². The fourth-order valence-corrected chi connectivity index (χ4v) is 3.19. The zero-order chi connectivity index (χ0) is 20.1. The summed E-state index contributed by atoms with van der Waals surface area (Å²) >= 11 is 3.37. The number of carbonyl (C=O) groups is 2. The predicted molar refractivity (Wildman–Crippen MR) is 110 cm³/mol. The molecule has 0 aliphatic carbocycles. The summed E-state index contributed by atoms with van der Waals surface area (Å²) in [5.74, 6) is -0.323. The molecule has 2 aromatic rings. The van der Waals surface area contributed by atoms with E-state index in [-0.39, 0.29) is 5.75 Å². The average Bonchev–Trinajstić information content (AvgIpc) is 2.66. The highest BCUT2D eigenvalue weighted by Crippen LogP contribution is 2.28. The minimum Gasteiger partial charge on any atom is -0.504 e. The summed E-state index contributed by atoms with van der Waals surface area (Å²) < 4.78 is 6.32. The topological polar surface area (TPSA) is 87.7 Å². The Bertz CT molecular complexity index is 940. The van der Waals surface area contributed by atoms with E-state index in [9.17, 15) is 14.7 Å². The van der Waals surface area contributed by atoms with Gasteiger partial charge in [0.05, 0.1) is 12.2 Å². The third kappa shape index (κ3) is 4.54. The summed E-state index contributed by atoms with van der Waals surface area (Å²) in [5.41, 5.74) is 2.22. The number of carbonyl (C=O) groups excluding carboxylic acids is 2. The lowest BCUT2D eigenvalue weighted by Crippen LogP contribution is -2.37. The molecule has 0 spiro atoms. The Balaban J connectivity index is 1.72. The first-order chi connectivity index (χ1) is 13.5. The first-order valence-electron chi connectivity index (χ1n) is 9.03. The molecule has 3 rings (SSSR count). The summed E-state index contributed by atoms with van der Waals surface area (Å²) in [6.45, 7) is 3.04. The zero-order valence-corrected chi connectivity index (χ0v) is 17.0. The Labute approximate surface area is 171 Å². The summed E-state index contributed by atoms with van der Waals surface area (Å²) in [6.07, 6.45) is 3.53. The molecule has 2 aromatic carbocycles. The normalized spacial score (nSPS) is 14.6. The number of hydrogen-bond donors (Lipinski definition) is 3. The molecule has 0 unspecified atom stereocenters. The van der Waals surface area contributed by atoms with Crippen LogP contribution in [0, 0.1) is 0 Å². The SMILES string of the molecule is CCCCOc1ccc(CNC=C2C(=O)NC(=O)c3ccc(Br)cc32)cc1O. The van der Waals surface area contributed by atoms with E-state index < -0.39 is 11.8 Å². The van der Waals surface area contributed by atoms with Crippen LogP contribution >= 0.6 is 15.9 Å². The Morgan fingerprint density at radius 2 is 1.96 bits per heavy atom. The van der Waals surface area contributed by atoms with Crippen LogP contribution in [0.3, 0.4) is 0 Å². The van der Waals surface area contributed by atoms with Crippen molar-refractivity contribution in [3.05, 3.63) is 63.8 Å². The summed E-state index contributed by atoms with van der Waals surface area (Å²) in [5, 5.41) is 15.5. The number of imide groups is 1. The first kappa shape index (κ1) is 19.9. The van der Waals surface area contributed by atoms with Gasteiger partial charge in [-0.3, -0.25) is 14.9 Å². The molecule has 0 fully saturated rings. The van der Waals surface area contributed by atoms with Gasteiger partial charge in [-0.05, 0) is 42.3 Å². The van der Waals surface area contributed by atoms with Crippen LogP contribution in [-0.2, 0) is 11.3 Å². The monoisotopic (exact) mass is 444 g/mol. The van der Waals surface area contributed by atoms with Crippen molar-refractivity contribution in [1.29, 1.82) is 0 Å². The molecule has 1 aliphatic rings. The molecule has 0 radical (unpaired) electrons. The number of ether oxygens (including phenoxy) is 1. The minimum atomic E-state index is -0.453. The van der Waals surface area contributed by atoms with Crippen molar-refractivity contribution in [2.45, 2.75) is 26.3 Å². The van der Waals surface area contributed by atoms with Crippen LogP contribution in [0.25, 0.3) is 5.57 Å². The van der Waals surface area contributed by atoms with Gasteiger partial charge in [0, 0.05) is 28.3 Å². The van der Waals surface area contributed by atoms with Gasteiger partial charge in [0.15, 0.2) is 11.5 Å². The number of aromatic hydroxyl groups is 1. The molecular formula is C21H21BrN2O4. The Hall–Kier alpha value is -2.80. The van der Waals surface area contributed by atoms with E-state index in [1.807, 2.05) is 6.07 Å². The van der Waals surface area contributed by atoms with Crippen molar-refractivity contribution in [1.82, 2.24) is 10.6 Å². The second-order valence-corrected chi connectivity index (χ2v) is 7.33. The van der Waals surface area contributed by atoms with Crippen molar-refractivity contribution in [2.24, 2.45) is 0 Å². The van der Waals surface area contributed by atoms with E-state index >= 15 is 0 Å². The maximum Gasteiger partial charge on any atom is 0.260 e. The van der Waals surface area contributed by atoms with E-state index in [4.69, 9.17) is 4.74 Å². The summed E-state index contributed by atoms with van der Waals surface area (Å²) in [4.78, 5) is 24.2. The van der Waals surface area contributed by atoms with Gasteiger partial charge in [-0.15, -0.1) is 0 Å². The molecular weight excluding hydrogens is 424 g/mol. The maximum absolute atomic E-state index is 12.2. The minimum absolute atomic E-state index is 0.0818. The van der Waals surface area contributed by atoms with Gasteiger partial charge < -0.3 is 15.2 Å². The number of hydrogen-bond acceptors (Lipinski definition) is 5. The number of fused-ring (bicyclic) bond motifs is 1. The van der Waals surface area contributed by atoms with Crippen molar-refractivity contribution in [3.8, 4) is 11.5 Å². The number of benzene rings is 2. The third-order valence-corrected chi connectivity index (χ3v) is 4.81. The van der Waals surface area contributed by atoms with Gasteiger partial charge in [0.25, 0.3) is 11.8 Å². The zero-order valence-electron chi connectivity index (χ0n) is 15.4. The largest absolute Gasteiger partial charge is 0.504 e. The van der Waals surface area contributed by atoms with Gasteiger partial charge in [-0.1, -0.05) is 35.3 Å². The number of nitrogens with one attached hydrogen (secondary N) is 2. The molecule has 1 aliphatic heterocycles. The highest BCUT2D eigenvalue weighted by atomic mass is 79.9. The Kier molecular flexibility index (Phi) is 6.36. The molecule has 146 valence electrons. The number of phenols is 1. The van der Waals surface area contributed by atoms with E-state index in [0.717, 1.165) is 22.9 Å². The fourth-order valence-electron chi connectivity index (χ4n) is 2.83. The Morgan fingerprint density at radius 1 is 1.14 bits per heavy atom. The molecule has 0 atom stereocenters. The quantitative estimate of drug-likeness (QED) is 0.344. The third-order valence-electron chi connectivity index (χ3n) is 4.32. The lowest BCUT2D eigenvalue weighted by atomic mass is 9.95. The van der Waals surface area contributed by atoms with Gasteiger partial charge >= 0.3 is 0 Å². The second kappa shape index (κ2) is 8.93. The number of amides is 2. The number of rotatable bonds is 7. The van der Waals surface area contributed by atoms with Crippen molar-refractivity contribution in [2.75, 3.05) is 6.61 Å². The standard InChI is InChI=1S/C21H21BrN2O4/c1-2-3-8-28-19-7-4-13(9-18(19)25)11-23-12-17-16-10-14(22)5-6-15(16)20(26)24-21(17)27/h4-7,9-10,12,23,25H,2-3,8,11H2,1H3,(H,24,26,27). The predicted octanol–water partition coefficient (Wildman–Crippen LogP) is 3.73. The highest BCUT2D eigenvalue weighted by Gasteiger charge is 2.27. The second-order valence-electron chi connectivity index (χ2n) is 6.42. The van der Waals surface area contributed by atoms with Gasteiger partial charge in [-0.25, -0.2) is 0 Å². The summed E-state index contributed by atoms with van der Waals surface area (Å²) in [6, 6.07) is 10.4. The Morgan fingerprint density at radius 3 is 2.71 bits per heavy atom. The lowest BCUT2D eigenvalue weighted by molar-refractivity contribution is -0.114. The van der Waals surface area contributed by atoms with Gasteiger partial charge in [0.1, 0.15) is 0 Å². The molecule has 2 amide bonds. The van der Waals surface area contributed by atoms with Crippen LogP contribution < -0.4 is 15.4 Å². The van der Waals surface area contributed by atoms with Crippen LogP contribution in [0.1, 0.15) is 41.3 Å². The maximum atomic E-state index is 12.2. The molecule has 6 nitrogen and oxygen atoms in total. The van der Waals surface area contributed by atoms with Crippen molar-refractivity contribution >= 4 is 33.3 Å². The first-order valence-corrected chi connectivity index (χ1v) is 9.82. The fraction of sp³-hybridized carbons (Fsp3) is 0.238. The van der Waals surface area contributed by atoms with Gasteiger partial charge in [0.2, 0.25) is 0 Å². The molecule has 0 saturated heterocycles. The smallest absolute Gasteiger partial charge is 0.260 e. The lowest BCUT2D eigenvalue weighted by Gasteiger charge is -2.18. The molecule has 1 heterocycles. The van der Waals surface area contributed by atoms with Gasteiger partial charge in [-0.2, -0.15) is 0 Å². The molecule has 28 heavy (non-hydrogen) atoms. The van der Waals surface area contributed by atoms with Crippen LogP contribution in [0.4, 0.5) is 0 Å². The molecule has 7 heteroatoms. The van der Waals surface area contributed by atoms with Crippen LogP contribution in [-0.4, -0.2) is 23.5 Å². The van der Waals surface area contributed by atoms with E-state index in [1.165, 1.54) is 0 Å². The number of halogens is 1. The van der Waals surface area contributed by atoms with Crippen molar-refractivity contribution < 1.29 is 19.4 Å². The van der Waals surface area contributed by atoms with Crippen molar-refractivity contribution in [3.63, 3.8) is 0 Å².